The van der Waals surface area contributed by atoms with Gasteiger partial charge in [-0.15, -0.1) is 24.0 Å². The van der Waals surface area contributed by atoms with Crippen LogP contribution in [0.2, 0.25) is 0 Å². The van der Waals surface area contributed by atoms with E-state index in [-0.39, 0.29) is 29.9 Å². The zero-order valence-corrected chi connectivity index (χ0v) is 17.5. The van der Waals surface area contributed by atoms with Crippen LogP contribution >= 0.6 is 24.0 Å². The lowest BCUT2D eigenvalue weighted by Crippen LogP contribution is -2.44. The number of halogens is 1. The highest BCUT2D eigenvalue weighted by Gasteiger charge is 2.09. The first-order valence-electron chi connectivity index (χ1n) is 8.20. The van der Waals surface area contributed by atoms with Gasteiger partial charge in [-0.1, -0.05) is 19.9 Å². The standard InChI is InChI=1S/C17H29N5O.HI/c1-6-18-17(21-14(5)12(2)3)19-11-10-16(23)22-15-9-7-8-13(4)20-15;/h7-9,12,14H,6,10-11H2,1-5H3,(H2,18,19,21)(H,20,22,23);1H. The van der Waals surface area contributed by atoms with E-state index in [2.05, 4.69) is 46.7 Å². The first-order chi connectivity index (χ1) is 10.9. The van der Waals surface area contributed by atoms with Crippen molar-refractivity contribution in [2.24, 2.45) is 10.9 Å². The molecule has 0 aliphatic carbocycles. The predicted molar refractivity (Wildman–Crippen MR) is 111 cm³/mol. The third-order valence-electron chi connectivity index (χ3n) is 3.47. The highest BCUT2D eigenvalue weighted by atomic mass is 127. The first kappa shape index (κ1) is 22.6. The maximum absolute atomic E-state index is 11.9. The predicted octanol–water partition coefficient (Wildman–Crippen LogP) is 2.94. The molecule has 0 saturated carbocycles. The number of nitrogens with one attached hydrogen (secondary N) is 3. The minimum absolute atomic E-state index is 0. The molecular formula is C17H30IN5O. The lowest BCUT2D eigenvalue weighted by molar-refractivity contribution is -0.116. The quantitative estimate of drug-likeness (QED) is 0.341. The second-order valence-corrected chi connectivity index (χ2v) is 5.90. The number of carbonyl (C=O) groups is 1. The number of rotatable bonds is 7. The second kappa shape index (κ2) is 12.0. The molecule has 0 saturated heterocycles. The summed E-state index contributed by atoms with van der Waals surface area (Å²) in [6.07, 6.45) is 0.322. The van der Waals surface area contributed by atoms with Crippen molar-refractivity contribution in [3.8, 4) is 0 Å². The van der Waals surface area contributed by atoms with E-state index in [1.54, 1.807) is 6.07 Å². The van der Waals surface area contributed by atoms with Crippen molar-refractivity contribution in [1.82, 2.24) is 15.6 Å². The molecule has 1 rings (SSSR count). The molecule has 0 fully saturated rings. The number of hydrogen-bond acceptors (Lipinski definition) is 3. The SMILES string of the molecule is CCNC(=NCCC(=O)Nc1cccc(C)n1)NC(C)C(C)C.I. The fraction of sp³-hybridized carbons (Fsp3) is 0.588. The van der Waals surface area contributed by atoms with Crippen LogP contribution in [0, 0.1) is 12.8 Å². The molecule has 3 N–H and O–H groups in total. The summed E-state index contributed by atoms with van der Waals surface area (Å²) in [7, 11) is 0. The van der Waals surface area contributed by atoms with Gasteiger partial charge in [-0.2, -0.15) is 0 Å². The Morgan fingerprint density at radius 1 is 1.29 bits per heavy atom. The van der Waals surface area contributed by atoms with Crippen LogP contribution in [0.4, 0.5) is 5.82 Å². The van der Waals surface area contributed by atoms with E-state index in [0.29, 0.717) is 30.7 Å². The van der Waals surface area contributed by atoms with Gasteiger partial charge in [0.25, 0.3) is 0 Å². The molecular weight excluding hydrogens is 417 g/mol. The van der Waals surface area contributed by atoms with Gasteiger partial charge in [0.1, 0.15) is 5.82 Å². The highest BCUT2D eigenvalue weighted by molar-refractivity contribution is 14.0. The Morgan fingerprint density at radius 3 is 2.58 bits per heavy atom. The summed E-state index contributed by atoms with van der Waals surface area (Å²) in [5.74, 6) is 1.75. The van der Waals surface area contributed by atoms with Crippen molar-refractivity contribution in [3.05, 3.63) is 23.9 Å². The van der Waals surface area contributed by atoms with Crippen LogP contribution in [0.15, 0.2) is 23.2 Å². The fourth-order valence-electron chi connectivity index (χ4n) is 1.79. The van der Waals surface area contributed by atoms with Crippen molar-refractivity contribution in [3.63, 3.8) is 0 Å². The molecule has 0 spiro atoms. The summed E-state index contributed by atoms with van der Waals surface area (Å²) < 4.78 is 0. The molecule has 1 heterocycles. The molecule has 7 heteroatoms. The number of pyridine rings is 1. The zero-order chi connectivity index (χ0) is 17.2. The first-order valence-corrected chi connectivity index (χ1v) is 8.20. The number of anilines is 1. The number of nitrogens with zero attached hydrogens (tertiary/aromatic N) is 2. The molecule has 0 aliphatic rings. The Kier molecular flexibility index (Phi) is 11.4. The highest BCUT2D eigenvalue weighted by Crippen LogP contribution is 2.04. The van der Waals surface area contributed by atoms with Crippen molar-refractivity contribution in [2.75, 3.05) is 18.4 Å². The average Bonchev–Trinajstić information content (AvgIpc) is 2.47. The van der Waals surface area contributed by atoms with Crippen molar-refractivity contribution in [2.45, 2.75) is 47.1 Å². The minimum atomic E-state index is -0.0837. The second-order valence-electron chi connectivity index (χ2n) is 5.90. The minimum Gasteiger partial charge on any atom is -0.357 e. The van der Waals surface area contributed by atoms with E-state index in [0.717, 1.165) is 18.2 Å². The van der Waals surface area contributed by atoms with Crippen molar-refractivity contribution < 1.29 is 4.79 Å². The van der Waals surface area contributed by atoms with Gasteiger partial charge in [-0.25, -0.2) is 4.98 Å². The summed E-state index contributed by atoms with van der Waals surface area (Å²) in [6, 6.07) is 5.86. The van der Waals surface area contributed by atoms with Gasteiger partial charge in [-0.3, -0.25) is 9.79 Å². The van der Waals surface area contributed by atoms with Gasteiger partial charge < -0.3 is 16.0 Å². The third-order valence-corrected chi connectivity index (χ3v) is 3.47. The van der Waals surface area contributed by atoms with Gasteiger partial charge in [0.2, 0.25) is 5.91 Å². The maximum Gasteiger partial charge on any atom is 0.227 e. The van der Waals surface area contributed by atoms with E-state index in [4.69, 9.17) is 0 Å². The Bertz CT molecular complexity index is 533. The third kappa shape index (κ3) is 9.05. The largest absolute Gasteiger partial charge is 0.357 e. The average molecular weight is 447 g/mol. The van der Waals surface area contributed by atoms with E-state index < -0.39 is 0 Å². The Morgan fingerprint density at radius 2 is 2.00 bits per heavy atom. The number of hydrogen-bond donors (Lipinski definition) is 3. The summed E-state index contributed by atoms with van der Waals surface area (Å²) in [6.45, 7) is 11.6. The molecule has 0 radical (unpaired) electrons. The molecule has 1 aromatic rings. The summed E-state index contributed by atoms with van der Waals surface area (Å²) in [5.41, 5.74) is 0.877. The lowest BCUT2D eigenvalue weighted by Gasteiger charge is -2.20. The number of aryl methyl sites for hydroxylation is 1. The molecule has 0 aliphatic heterocycles. The molecule has 0 aromatic carbocycles. The number of aromatic nitrogens is 1. The molecule has 6 nitrogen and oxygen atoms in total. The number of aliphatic imine (C=N–C) groups is 1. The molecule has 0 bridgehead atoms. The van der Waals surface area contributed by atoms with Crippen LogP contribution in [0.3, 0.4) is 0 Å². The van der Waals surface area contributed by atoms with Gasteiger partial charge in [0, 0.05) is 24.7 Å². The molecule has 1 amide bonds. The van der Waals surface area contributed by atoms with Crippen LogP contribution in [0.5, 0.6) is 0 Å². The molecule has 24 heavy (non-hydrogen) atoms. The van der Waals surface area contributed by atoms with Crippen LogP contribution in [-0.2, 0) is 4.79 Å². The van der Waals surface area contributed by atoms with Gasteiger partial charge in [0.05, 0.1) is 6.54 Å². The van der Waals surface area contributed by atoms with E-state index in [9.17, 15) is 4.79 Å². The Balaban J connectivity index is 0.00000529. The van der Waals surface area contributed by atoms with Crippen LogP contribution in [0.1, 0.15) is 39.8 Å². The van der Waals surface area contributed by atoms with Crippen molar-refractivity contribution in [1.29, 1.82) is 0 Å². The molecule has 1 atom stereocenters. The van der Waals surface area contributed by atoms with E-state index in [1.807, 2.05) is 26.0 Å². The van der Waals surface area contributed by atoms with Gasteiger partial charge >= 0.3 is 0 Å². The monoisotopic (exact) mass is 447 g/mol. The van der Waals surface area contributed by atoms with Crippen LogP contribution in [-0.4, -0.2) is 36.0 Å². The van der Waals surface area contributed by atoms with E-state index in [1.165, 1.54) is 0 Å². The number of carbonyl (C=O) groups excluding carboxylic acids is 1. The lowest BCUT2D eigenvalue weighted by atomic mass is 10.1. The zero-order valence-electron chi connectivity index (χ0n) is 15.2. The summed E-state index contributed by atoms with van der Waals surface area (Å²) in [5, 5.41) is 9.32. The molecule has 1 aromatic heterocycles. The molecule has 136 valence electrons. The Hall–Kier alpha value is -1.38. The van der Waals surface area contributed by atoms with Crippen LogP contribution < -0.4 is 16.0 Å². The smallest absolute Gasteiger partial charge is 0.227 e. The topological polar surface area (TPSA) is 78.4 Å². The maximum atomic E-state index is 11.9. The van der Waals surface area contributed by atoms with Crippen LogP contribution in [0.25, 0.3) is 0 Å². The molecule has 1 unspecified atom stereocenters. The fourth-order valence-corrected chi connectivity index (χ4v) is 1.79. The normalized spacial score (nSPS) is 12.3. The number of guanidine groups is 1. The summed E-state index contributed by atoms with van der Waals surface area (Å²) in [4.78, 5) is 20.6. The number of amides is 1. The van der Waals surface area contributed by atoms with Gasteiger partial charge in [0.15, 0.2) is 5.96 Å². The van der Waals surface area contributed by atoms with Crippen molar-refractivity contribution >= 4 is 41.7 Å². The van der Waals surface area contributed by atoms with Gasteiger partial charge in [-0.05, 0) is 38.8 Å². The summed E-state index contributed by atoms with van der Waals surface area (Å²) >= 11 is 0. The van der Waals surface area contributed by atoms with E-state index >= 15 is 0 Å². The Labute approximate surface area is 162 Å².